The molecule has 4 nitrogen and oxygen atoms in total. The number of fused-ring (bicyclic) bond motifs is 1. The Hall–Kier alpha value is -1.62. The molecule has 0 spiro atoms. The number of hydrogen-bond acceptors (Lipinski definition) is 2. The number of nitrogens with two attached hydrogens (primary N) is 1. The van der Waals surface area contributed by atoms with Crippen molar-refractivity contribution in [3.63, 3.8) is 0 Å². The van der Waals surface area contributed by atoms with Gasteiger partial charge in [0.25, 0.3) is 0 Å². The quantitative estimate of drug-likeness (QED) is 0.654. The van der Waals surface area contributed by atoms with Crippen molar-refractivity contribution in [1.29, 1.82) is 0 Å². The van der Waals surface area contributed by atoms with Crippen molar-refractivity contribution < 1.29 is 9.18 Å². The number of benzene rings is 1. The number of alkyl halides is 1. The van der Waals surface area contributed by atoms with Gasteiger partial charge in [0.05, 0.1) is 11.4 Å². The first-order valence-corrected chi connectivity index (χ1v) is 6.65. The summed E-state index contributed by atoms with van der Waals surface area (Å²) in [4.78, 5) is 14.9. The van der Waals surface area contributed by atoms with E-state index in [-0.39, 0.29) is 17.6 Å². The number of para-hydroxylation sites is 1. The Labute approximate surface area is 115 Å². The van der Waals surface area contributed by atoms with Crippen LogP contribution in [-0.2, 0) is 17.2 Å². The molecule has 1 aromatic heterocycles. The van der Waals surface area contributed by atoms with Gasteiger partial charge in [0, 0.05) is 13.0 Å². The van der Waals surface area contributed by atoms with E-state index in [1.165, 1.54) is 6.07 Å². The van der Waals surface area contributed by atoms with Crippen LogP contribution < -0.4 is 5.73 Å². The number of hydrogen-bond donors (Lipinski definition) is 1. The van der Waals surface area contributed by atoms with E-state index in [9.17, 15) is 9.18 Å². The van der Waals surface area contributed by atoms with Crippen LogP contribution in [0, 0.1) is 5.82 Å². The smallest absolute Gasteiger partial charge is 0.217 e. The van der Waals surface area contributed by atoms with Gasteiger partial charge >= 0.3 is 0 Å². The van der Waals surface area contributed by atoms with Crippen LogP contribution in [0.1, 0.15) is 25.1 Å². The molecule has 0 atom stereocenters. The third-order valence-corrected chi connectivity index (χ3v) is 3.22. The fourth-order valence-corrected chi connectivity index (χ4v) is 2.29. The molecule has 0 saturated heterocycles. The minimum Gasteiger partial charge on any atom is -0.370 e. The summed E-state index contributed by atoms with van der Waals surface area (Å²) in [6.07, 6.45) is 1.83. The van der Waals surface area contributed by atoms with E-state index in [4.69, 9.17) is 17.3 Å². The first kappa shape index (κ1) is 13.8. The van der Waals surface area contributed by atoms with Gasteiger partial charge in [0.2, 0.25) is 5.91 Å². The summed E-state index contributed by atoms with van der Waals surface area (Å²) in [5, 5.41) is 0. The average molecular weight is 284 g/mol. The van der Waals surface area contributed by atoms with Gasteiger partial charge in [0.1, 0.15) is 11.3 Å². The summed E-state index contributed by atoms with van der Waals surface area (Å²) >= 11 is 5.84. The Morgan fingerprint density at radius 1 is 1.42 bits per heavy atom. The average Bonchev–Trinajstić information content (AvgIpc) is 2.74. The molecule has 0 bridgehead atoms. The van der Waals surface area contributed by atoms with Crippen LogP contribution in [0.2, 0.25) is 0 Å². The molecule has 1 heterocycles. The molecule has 0 radical (unpaired) electrons. The number of aromatic nitrogens is 2. The number of primary amides is 1. The highest BCUT2D eigenvalue weighted by molar-refractivity contribution is 6.16. The third-order valence-electron chi connectivity index (χ3n) is 2.98. The maximum absolute atomic E-state index is 13.6. The lowest BCUT2D eigenvalue weighted by Gasteiger charge is -2.07. The van der Waals surface area contributed by atoms with Crippen molar-refractivity contribution in [1.82, 2.24) is 9.55 Å². The van der Waals surface area contributed by atoms with E-state index in [1.807, 2.05) is 10.6 Å². The van der Waals surface area contributed by atoms with Crippen LogP contribution >= 0.6 is 11.6 Å². The van der Waals surface area contributed by atoms with Gasteiger partial charge in [-0.2, -0.15) is 0 Å². The topological polar surface area (TPSA) is 60.9 Å². The summed E-state index contributed by atoms with van der Waals surface area (Å²) in [6.45, 7) is 0.648. The van der Waals surface area contributed by atoms with E-state index >= 15 is 0 Å². The highest BCUT2D eigenvalue weighted by atomic mass is 35.5. The molecule has 0 aliphatic heterocycles. The molecule has 2 rings (SSSR count). The predicted molar refractivity (Wildman–Crippen MR) is 72.3 cm³/mol. The van der Waals surface area contributed by atoms with Gasteiger partial charge in [-0.15, -0.1) is 11.6 Å². The fourth-order valence-electron chi connectivity index (χ4n) is 2.08. The Balaban J connectivity index is 2.21. The summed E-state index contributed by atoms with van der Waals surface area (Å²) in [5.41, 5.74) is 6.16. The molecule has 2 N–H and O–H groups in total. The summed E-state index contributed by atoms with van der Waals surface area (Å²) in [6, 6.07) is 4.84. The van der Waals surface area contributed by atoms with E-state index in [0.29, 0.717) is 30.7 Å². The van der Waals surface area contributed by atoms with Gasteiger partial charge < -0.3 is 10.3 Å². The highest BCUT2D eigenvalue weighted by Crippen LogP contribution is 2.21. The van der Waals surface area contributed by atoms with Crippen molar-refractivity contribution in [2.45, 2.75) is 31.7 Å². The van der Waals surface area contributed by atoms with Crippen molar-refractivity contribution in [2.75, 3.05) is 0 Å². The van der Waals surface area contributed by atoms with Gasteiger partial charge in [0.15, 0.2) is 5.82 Å². The van der Waals surface area contributed by atoms with E-state index in [0.717, 1.165) is 11.9 Å². The van der Waals surface area contributed by atoms with Crippen molar-refractivity contribution >= 4 is 28.5 Å². The molecular formula is C13H15ClFN3O. The molecule has 0 aliphatic rings. The second-order valence-electron chi connectivity index (χ2n) is 4.34. The normalized spacial score (nSPS) is 11.1. The van der Waals surface area contributed by atoms with Crippen molar-refractivity contribution in [2.24, 2.45) is 5.73 Å². The Morgan fingerprint density at radius 2 is 2.21 bits per heavy atom. The standard InChI is InChI=1S/C13H15ClFN3O/c14-8-12-17-13-9(15)4-3-5-10(13)18(12)7-2-1-6-11(16)19/h3-5H,1-2,6-8H2,(H2,16,19). The molecule has 2 aromatic rings. The number of aryl methyl sites for hydroxylation is 1. The summed E-state index contributed by atoms with van der Waals surface area (Å²) in [5.74, 6) is 0.212. The first-order chi connectivity index (χ1) is 9.13. The van der Waals surface area contributed by atoms with Crippen LogP contribution in [0.5, 0.6) is 0 Å². The largest absolute Gasteiger partial charge is 0.370 e. The maximum atomic E-state index is 13.6. The van der Waals surface area contributed by atoms with Crippen LogP contribution in [0.3, 0.4) is 0 Å². The number of carbonyl (C=O) groups excluding carboxylic acids is 1. The van der Waals surface area contributed by atoms with Gasteiger partial charge in [-0.3, -0.25) is 4.79 Å². The SMILES string of the molecule is NC(=O)CCCCn1c(CCl)nc2c(F)cccc21. The molecular weight excluding hydrogens is 269 g/mol. The Morgan fingerprint density at radius 3 is 2.89 bits per heavy atom. The number of halogens is 2. The van der Waals surface area contributed by atoms with E-state index < -0.39 is 0 Å². The zero-order valence-corrected chi connectivity index (χ0v) is 11.2. The number of unbranched alkanes of at least 4 members (excludes halogenated alkanes) is 1. The molecule has 1 aromatic carbocycles. The summed E-state index contributed by atoms with van der Waals surface area (Å²) in [7, 11) is 0. The monoisotopic (exact) mass is 283 g/mol. The van der Waals surface area contributed by atoms with E-state index in [1.54, 1.807) is 6.07 Å². The van der Waals surface area contributed by atoms with Gasteiger partial charge in [-0.25, -0.2) is 9.37 Å². The minimum absolute atomic E-state index is 0.226. The van der Waals surface area contributed by atoms with Crippen LogP contribution in [0.4, 0.5) is 4.39 Å². The lowest BCUT2D eigenvalue weighted by Crippen LogP contribution is -2.10. The van der Waals surface area contributed by atoms with Gasteiger partial charge in [-0.05, 0) is 25.0 Å². The highest BCUT2D eigenvalue weighted by Gasteiger charge is 2.12. The third kappa shape index (κ3) is 3.04. The lowest BCUT2D eigenvalue weighted by molar-refractivity contribution is -0.118. The Bertz CT molecular complexity index is 597. The second kappa shape index (κ2) is 6.02. The van der Waals surface area contributed by atoms with E-state index in [2.05, 4.69) is 4.98 Å². The van der Waals surface area contributed by atoms with Crippen LogP contribution in [0.25, 0.3) is 11.0 Å². The second-order valence-corrected chi connectivity index (χ2v) is 4.61. The summed E-state index contributed by atoms with van der Waals surface area (Å²) < 4.78 is 15.5. The van der Waals surface area contributed by atoms with Crippen LogP contribution in [0.15, 0.2) is 18.2 Å². The fraction of sp³-hybridized carbons (Fsp3) is 0.385. The molecule has 0 fully saturated rings. The molecule has 0 unspecified atom stereocenters. The number of nitrogens with zero attached hydrogens (tertiary/aromatic N) is 2. The molecule has 19 heavy (non-hydrogen) atoms. The Kier molecular flexibility index (Phi) is 4.37. The zero-order chi connectivity index (χ0) is 13.8. The maximum Gasteiger partial charge on any atom is 0.217 e. The first-order valence-electron chi connectivity index (χ1n) is 6.11. The number of carbonyl (C=O) groups is 1. The lowest BCUT2D eigenvalue weighted by atomic mass is 10.2. The molecule has 0 saturated carbocycles. The minimum atomic E-state index is -0.347. The molecule has 102 valence electrons. The van der Waals surface area contributed by atoms with Crippen molar-refractivity contribution in [3.05, 3.63) is 29.8 Å². The van der Waals surface area contributed by atoms with Gasteiger partial charge in [-0.1, -0.05) is 6.07 Å². The number of rotatable bonds is 6. The molecule has 1 amide bonds. The zero-order valence-electron chi connectivity index (χ0n) is 10.4. The van der Waals surface area contributed by atoms with Crippen LogP contribution in [-0.4, -0.2) is 15.5 Å². The molecule has 0 aliphatic carbocycles. The van der Waals surface area contributed by atoms with Crippen molar-refractivity contribution in [3.8, 4) is 0 Å². The predicted octanol–water partition coefficient (Wildman–Crippen LogP) is 2.57. The number of amides is 1. The number of imidazole rings is 1. The molecule has 6 heteroatoms.